The molecule has 0 unspecified atom stereocenters. The molecule has 0 aliphatic heterocycles. The molecule has 2 rings (SSSR count). The first-order valence-electron chi connectivity index (χ1n) is 8.14. The van der Waals surface area contributed by atoms with Gasteiger partial charge in [-0.05, 0) is 30.9 Å². The number of H-pyrrole nitrogens is 1. The molecule has 22 heavy (non-hydrogen) atoms. The van der Waals surface area contributed by atoms with Crippen LogP contribution in [0, 0.1) is 6.92 Å². The van der Waals surface area contributed by atoms with Crippen molar-refractivity contribution in [1.82, 2.24) is 15.2 Å². The Morgan fingerprint density at radius 1 is 1.36 bits per heavy atom. The van der Waals surface area contributed by atoms with Gasteiger partial charge in [-0.15, -0.1) is 0 Å². The Kier molecular flexibility index (Phi) is 5.87. The number of nitrogens with zero attached hydrogens (tertiary/aromatic N) is 2. The lowest BCUT2D eigenvalue weighted by Crippen LogP contribution is -2.40. The van der Waals surface area contributed by atoms with Gasteiger partial charge >= 0.3 is 0 Å². The highest BCUT2D eigenvalue weighted by atomic mass is 15.3. The van der Waals surface area contributed by atoms with E-state index in [9.17, 15) is 0 Å². The van der Waals surface area contributed by atoms with Gasteiger partial charge in [0.05, 0.1) is 0 Å². The fourth-order valence-corrected chi connectivity index (χ4v) is 2.77. The van der Waals surface area contributed by atoms with Crippen molar-refractivity contribution in [2.45, 2.75) is 33.1 Å². The van der Waals surface area contributed by atoms with Crippen LogP contribution in [0.5, 0.6) is 0 Å². The van der Waals surface area contributed by atoms with Crippen LogP contribution in [-0.2, 0) is 6.42 Å². The molecule has 0 spiro atoms. The Labute approximate surface area is 133 Å². The number of aromatic nitrogens is 1. The molecule has 4 nitrogen and oxygen atoms in total. The zero-order valence-electron chi connectivity index (χ0n) is 14.2. The number of nitrogens with one attached hydrogen (secondary N) is 2. The Bertz CT molecular complexity index is 627. The smallest absolute Gasteiger partial charge is 0.193 e. The average Bonchev–Trinajstić information content (AvgIpc) is 2.94. The summed E-state index contributed by atoms with van der Waals surface area (Å²) >= 11 is 0. The van der Waals surface area contributed by atoms with Gasteiger partial charge in [0.25, 0.3) is 0 Å². The number of rotatable bonds is 6. The van der Waals surface area contributed by atoms with Crippen molar-refractivity contribution < 1.29 is 0 Å². The third kappa shape index (κ3) is 3.81. The molecule has 0 amide bonds. The van der Waals surface area contributed by atoms with Crippen LogP contribution in [0.25, 0.3) is 10.9 Å². The van der Waals surface area contributed by atoms with E-state index in [1.165, 1.54) is 34.9 Å². The van der Waals surface area contributed by atoms with Gasteiger partial charge in [0, 0.05) is 44.3 Å². The topological polar surface area (TPSA) is 43.4 Å². The van der Waals surface area contributed by atoms with Crippen LogP contribution >= 0.6 is 0 Å². The van der Waals surface area contributed by atoms with Crippen molar-refractivity contribution in [3.63, 3.8) is 0 Å². The van der Waals surface area contributed by atoms with E-state index in [1.54, 1.807) is 0 Å². The van der Waals surface area contributed by atoms with Crippen molar-refractivity contribution >= 4 is 16.9 Å². The van der Waals surface area contributed by atoms with Crippen molar-refractivity contribution in [1.29, 1.82) is 0 Å². The minimum atomic E-state index is 0.893. The summed E-state index contributed by atoms with van der Waals surface area (Å²) < 4.78 is 0. The molecule has 0 radical (unpaired) electrons. The van der Waals surface area contributed by atoms with Crippen LogP contribution in [0.15, 0.2) is 29.4 Å². The average molecular weight is 300 g/mol. The Balaban J connectivity index is 1.93. The van der Waals surface area contributed by atoms with Crippen molar-refractivity contribution in [3.8, 4) is 0 Å². The third-order valence-corrected chi connectivity index (χ3v) is 4.11. The van der Waals surface area contributed by atoms with Crippen LogP contribution in [0.3, 0.4) is 0 Å². The Morgan fingerprint density at radius 3 is 2.91 bits per heavy atom. The lowest BCUT2D eigenvalue weighted by atomic mass is 10.1. The summed E-state index contributed by atoms with van der Waals surface area (Å²) in [5, 5.41) is 4.79. The minimum Gasteiger partial charge on any atom is -0.361 e. The molecule has 0 atom stereocenters. The van der Waals surface area contributed by atoms with E-state index in [0.29, 0.717) is 0 Å². The molecule has 1 aromatic carbocycles. The van der Waals surface area contributed by atoms with Gasteiger partial charge in [0.2, 0.25) is 0 Å². The molecule has 0 bridgehead atoms. The fraction of sp³-hybridized carbons (Fsp3) is 0.500. The van der Waals surface area contributed by atoms with Gasteiger partial charge in [-0.25, -0.2) is 0 Å². The van der Waals surface area contributed by atoms with Crippen LogP contribution in [-0.4, -0.2) is 43.0 Å². The van der Waals surface area contributed by atoms with E-state index in [2.05, 4.69) is 65.5 Å². The highest BCUT2D eigenvalue weighted by Crippen LogP contribution is 2.21. The van der Waals surface area contributed by atoms with Crippen LogP contribution in [0.4, 0.5) is 0 Å². The van der Waals surface area contributed by atoms with Crippen LogP contribution in [0.1, 0.15) is 30.9 Å². The fourth-order valence-electron chi connectivity index (χ4n) is 2.77. The molecule has 0 saturated carbocycles. The number of aromatic amines is 1. The number of hydrogen-bond donors (Lipinski definition) is 2. The number of benzene rings is 1. The standard InChI is InChI=1S/C18H28N4/c1-5-6-12-22(4)18(19-3)20-11-10-15-13-21-17-14(2)8-7-9-16(15)17/h7-9,13,21H,5-6,10-12H2,1-4H3,(H,19,20). The molecule has 120 valence electrons. The second kappa shape index (κ2) is 7.87. The summed E-state index contributed by atoms with van der Waals surface area (Å²) in [5.41, 5.74) is 3.91. The lowest BCUT2D eigenvalue weighted by Gasteiger charge is -2.21. The zero-order valence-corrected chi connectivity index (χ0v) is 14.2. The van der Waals surface area contributed by atoms with E-state index in [0.717, 1.165) is 25.5 Å². The van der Waals surface area contributed by atoms with E-state index < -0.39 is 0 Å². The maximum absolute atomic E-state index is 4.36. The third-order valence-electron chi connectivity index (χ3n) is 4.11. The number of para-hydroxylation sites is 1. The van der Waals surface area contributed by atoms with Gasteiger partial charge in [-0.3, -0.25) is 4.99 Å². The second-order valence-corrected chi connectivity index (χ2v) is 5.81. The predicted octanol–water partition coefficient (Wildman–Crippen LogP) is 3.33. The van der Waals surface area contributed by atoms with Crippen molar-refractivity contribution in [2.24, 2.45) is 4.99 Å². The molecule has 4 heteroatoms. The van der Waals surface area contributed by atoms with Gasteiger partial charge in [0.15, 0.2) is 5.96 Å². The van der Waals surface area contributed by atoms with E-state index in [4.69, 9.17) is 0 Å². The summed E-state index contributed by atoms with van der Waals surface area (Å²) in [6.07, 6.45) is 5.52. The van der Waals surface area contributed by atoms with E-state index in [1.807, 2.05) is 7.05 Å². The largest absolute Gasteiger partial charge is 0.361 e. The minimum absolute atomic E-state index is 0.893. The summed E-state index contributed by atoms with van der Waals surface area (Å²) in [5.74, 6) is 0.976. The molecule has 0 fully saturated rings. The van der Waals surface area contributed by atoms with Crippen LogP contribution < -0.4 is 5.32 Å². The number of fused-ring (bicyclic) bond motifs is 1. The highest BCUT2D eigenvalue weighted by molar-refractivity contribution is 5.86. The molecule has 2 aromatic rings. The Morgan fingerprint density at radius 2 is 2.18 bits per heavy atom. The molecule has 0 aliphatic carbocycles. The van der Waals surface area contributed by atoms with E-state index >= 15 is 0 Å². The SMILES string of the molecule is CCCCN(C)C(=NC)NCCc1c[nH]c2c(C)cccc12. The van der Waals surface area contributed by atoms with Gasteiger partial charge < -0.3 is 15.2 Å². The number of aryl methyl sites for hydroxylation is 1. The quantitative estimate of drug-likeness (QED) is 0.635. The lowest BCUT2D eigenvalue weighted by molar-refractivity contribution is 0.465. The maximum atomic E-state index is 4.36. The molecule has 0 aliphatic rings. The second-order valence-electron chi connectivity index (χ2n) is 5.81. The van der Waals surface area contributed by atoms with Gasteiger partial charge in [0.1, 0.15) is 0 Å². The number of hydrogen-bond acceptors (Lipinski definition) is 1. The first kappa shape index (κ1) is 16.4. The number of unbranched alkanes of at least 4 members (excludes halogenated alkanes) is 1. The summed E-state index contributed by atoms with van der Waals surface area (Å²) in [6.45, 7) is 6.29. The predicted molar refractivity (Wildman–Crippen MR) is 95.6 cm³/mol. The molecular weight excluding hydrogens is 272 g/mol. The number of aliphatic imine (C=N–C) groups is 1. The molecule has 1 heterocycles. The number of guanidine groups is 1. The monoisotopic (exact) mass is 300 g/mol. The Hall–Kier alpha value is -1.97. The summed E-state index contributed by atoms with van der Waals surface area (Å²) in [7, 11) is 3.94. The summed E-state index contributed by atoms with van der Waals surface area (Å²) in [6, 6.07) is 6.46. The van der Waals surface area contributed by atoms with Gasteiger partial charge in [-0.1, -0.05) is 31.5 Å². The van der Waals surface area contributed by atoms with Gasteiger partial charge in [-0.2, -0.15) is 0 Å². The zero-order chi connectivity index (χ0) is 15.9. The van der Waals surface area contributed by atoms with Crippen molar-refractivity contribution in [3.05, 3.63) is 35.5 Å². The van der Waals surface area contributed by atoms with E-state index in [-0.39, 0.29) is 0 Å². The van der Waals surface area contributed by atoms with Crippen LogP contribution in [0.2, 0.25) is 0 Å². The molecule has 1 aromatic heterocycles. The highest BCUT2D eigenvalue weighted by Gasteiger charge is 2.07. The first-order chi connectivity index (χ1) is 10.7. The normalized spacial score (nSPS) is 11.9. The maximum Gasteiger partial charge on any atom is 0.193 e. The molecule has 0 saturated heterocycles. The van der Waals surface area contributed by atoms with Crippen molar-refractivity contribution in [2.75, 3.05) is 27.2 Å². The molecular formula is C18H28N4. The molecule has 2 N–H and O–H groups in total. The summed E-state index contributed by atoms with van der Waals surface area (Å²) in [4.78, 5) is 9.95. The first-order valence-corrected chi connectivity index (χ1v) is 8.14.